The highest BCUT2D eigenvalue weighted by Crippen LogP contribution is 2.09. The van der Waals surface area contributed by atoms with E-state index in [0.717, 1.165) is 24.3 Å². The number of furan rings is 1. The van der Waals surface area contributed by atoms with E-state index in [2.05, 4.69) is 9.44 Å². The van der Waals surface area contributed by atoms with E-state index in [4.69, 9.17) is 4.42 Å². The van der Waals surface area contributed by atoms with E-state index in [9.17, 15) is 21.2 Å². The molecule has 0 atom stereocenters. The molecule has 1 heterocycles. The Morgan fingerprint density at radius 2 is 1.70 bits per heavy atom. The van der Waals surface area contributed by atoms with Crippen molar-refractivity contribution >= 4 is 20.0 Å². The number of sulfonamides is 2. The van der Waals surface area contributed by atoms with Crippen LogP contribution in [0.3, 0.4) is 0 Å². The quantitative estimate of drug-likeness (QED) is 0.723. The summed E-state index contributed by atoms with van der Waals surface area (Å²) in [5.41, 5.74) is 0. The zero-order chi connectivity index (χ0) is 16.9. The summed E-state index contributed by atoms with van der Waals surface area (Å²) in [5, 5.41) is 0. The first-order valence-corrected chi connectivity index (χ1v) is 9.67. The molecule has 2 N–H and O–H groups in total. The summed E-state index contributed by atoms with van der Waals surface area (Å²) in [6, 6.07) is 7.45. The van der Waals surface area contributed by atoms with Gasteiger partial charge in [-0.05, 0) is 36.4 Å². The molecule has 0 saturated heterocycles. The molecule has 0 fully saturated rings. The smallest absolute Gasteiger partial charge is 0.240 e. The lowest BCUT2D eigenvalue weighted by Crippen LogP contribution is -2.34. The topological polar surface area (TPSA) is 105 Å². The van der Waals surface area contributed by atoms with Gasteiger partial charge in [0, 0.05) is 6.54 Å². The van der Waals surface area contributed by atoms with Gasteiger partial charge in [0.15, 0.2) is 0 Å². The molecule has 0 radical (unpaired) electrons. The van der Waals surface area contributed by atoms with E-state index in [1.54, 1.807) is 12.1 Å². The van der Waals surface area contributed by atoms with Crippen LogP contribution < -0.4 is 9.44 Å². The van der Waals surface area contributed by atoms with Gasteiger partial charge in [0.25, 0.3) is 0 Å². The minimum absolute atomic E-state index is 0.0138. The normalized spacial score (nSPS) is 12.4. The number of hydrogen-bond acceptors (Lipinski definition) is 5. The summed E-state index contributed by atoms with van der Waals surface area (Å²) in [4.78, 5) is -0.139. The predicted octanol–water partition coefficient (Wildman–Crippen LogP) is 0.817. The number of nitrogens with one attached hydrogen (secondary N) is 2. The van der Waals surface area contributed by atoms with Crippen LogP contribution in [0, 0.1) is 5.82 Å². The van der Waals surface area contributed by atoms with E-state index in [1.165, 1.54) is 6.26 Å². The molecule has 1 aromatic carbocycles. The number of benzene rings is 1. The molecule has 2 aromatic rings. The van der Waals surface area contributed by atoms with Crippen molar-refractivity contribution in [3.05, 3.63) is 54.2 Å². The van der Waals surface area contributed by atoms with Crippen molar-refractivity contribution < 1.29 is 25.6 Å². The van der Waals surface area contributed by atoms with Crippen LogP contribution in [0.2, 0.25) is 0 Å². The molecule has 10 heteroatoms. The van der Waals surface area contributed by atoms with Crippen molar-refractivity contribution in [2.24, 2.45) is 0 Å². The Bertz CT molecular complexity index is 831. The SMILES string of the molecule is O=S(=O)(CCNS(=O)(=O)c1ccc(F)cc1)NCc1ccco1. The van der Waals surface area contributed by atoms with E-state index in [-0.39, 0.29) is 18.0 Å². The second-order valence-corrected chi connectivity index (χ2v) is 8.26. The predicted molar refractivity (Wildman–Crippen MR) is 80.9 cm³/mol. The fourth-order valence-corrected chi connectivity index (χ4v) is 3.71. The molecule has 0 aliphatic rings. The van der Waals surface area contributed by atoms with Crippen LogP contribution in [-0.2, 0) is 26.6 Å². The highest BCUT2D eigenvalue weighted by atomic mass is 32.2. The van der Waals surface area contributed by atoms with E-state index >= 15 is 0 Å². The molecule has 0 aliphatic heterocycles. The molecule has 2 rings (SSSR count). The fourth-order valence-electron chi connectivity index (χ4n) is 1.67. The van der Waals surface area contributed by atoms with Gasteiger partial charge in [0.05, 0.1) is 23.5 Å². The van der Waals surface area contributed by atoms with Gasteiger partial charge in [-0.3, -0.25) is 0 Å². The molecule has 7 nitrogen and oxygen atoms in total. The standard InChI is InChI=1S/C13H15FN2O5S2/c14-11-3-5-13(6-4-11)23(19,20)15-7-9-22(17,18)16-10-12-2-1-8-21-12/h1-6,8,15-16H,7,9-10H2. The van der Waals surface area contributed by atoms with Gasteiger partial charge >= 0.3 is 0 Å². The van der Waals surface area contributed by atoms with Crippen LogP contribution in [0.25, 0.3) is 0 Å². The minimum atomic E-state index is -3.89. The fraction of sp³-hybridized carbons (Fsp3) is 0.231. The summed E-state index contributed by atoms with van der Waals surface area (Å²) >= 11 is 0. The van der Waals surface area contributed by atoms with Gasteiger partial charge < -0.3 is 4.42 Å². The zero-order valence-electron chi connectivity index (χ0n) is 11.9. The minimum Gasteiger partial charge on any atom is -0.468 e. The molecule has 0 saturated carbocycles. The van der Waals surface area contributed by atoms with Crippen molar-refractivity contribution in [1.29, 1.82) is 0 Å². The summed E-state index contributed by atoms with van der Waals surface area (Å²) in [6.45, 7) is -0.326. The number of hydrogen-bond donors (Lipinski definition) is 2. The lowest BCUT2D eigenvalue weighted by atomic mass is 10.4. The maximum Gasteiger partial charge on any atom is 0.240 e. The zero-order valence-corrected chi connectivity index (χ0v) is 13.5. The summed E-state index contributed by atoms with van der Waals surface area (Å²) in [5.74, 6) is -0.553. The second kappa shape index (κ2) is 7.21. The molecule has 0 aliphatic carbocycles. The van der Waals surface area contributed by atoms with Gasteiger partial charge in [-0.2, -0.15) is 0 Å². The summed E-state index contributed by atoms with van der Waals surface area (Å²) < 4.78 is 69.5. The van der Waals surface area contributed by atoms with Crippen LogP contribution in [-0.4, -0.2) is 29.1 Å². The third kappa shape index (κ3) is 5.43. The molecule has 126 valence electrons. The lowest BCUT2D eigenvalue weighted by Gasteiger charge is -2.08. The monoisotopic (exact) mass is 362 g/mol. The maximum atomic E-state index is 12.8. The lowest BCUT2D eigenvalue weighted by molar-refractivity contribution is 0.498. The average Bonchev–Trinajstić information content (AvgIpc) is 2.99. The number of halogens is 1. The Hall–Kier alpha value is -1.75. The Morgan fingerprint density at radius 3 is 2.30 bits per heavy atom. The van der Waals surface area contributed by atoms with Crippen molar-refractivity contribution in [3.8, 4) is 0 Å². The Labute approximate surface area is 133 Å². The third-order valence-electron chi connectivity index (χ3n) is 2.83. The molecule has 1 aromatic heterocycles. The van der Waals surface area contributed by atoms with E-state index in [1.807, 2.05) is 0 Å². The Balaban J connectivity index is 1.86. The molecular weight excluding hydrogens is 347 g/mol. The van der Waals surface area contributed by atoms with Crippen LogP contribution in [0.4, 0.5) is 4.39 Å². The maximum absolute atomic E-state index is 12.8. The average molecular weight is 362 g/mol. The van der Waals surface area contributed by atoms with Gasteiger partial charge in [-0.15, -0.1) is 0 Å². The van der Waals surface area contributed by atoms with Crippen LogP contribution in [0.1, 0.15) is 5.76 Å². The summed E-state index contributed by atoms with van der Waals surface area (Å²) in [6.07, 6.45) is 1.42. The third-order valence-corrected chi connectivity index (χ3v) is 5.64. The molecule has 0 spiro atoms. The first-order valence-electron chi connectivity index (χ1n) is 6.53. The van der Waals surface area contributed by atoms with Crippen molar-refractivity contribution in [1.82, 2.24) is 9.44 Å². The van der Waals surface area contributed by atoms with Crippen LogP contribution in [0.5, 0.6) is 0 Å². The van der Waals surface area contributed by atoms with Crippen LogP contribution in [0.15, 0.2) is 52.0 Å². The van der Waals surface area contributed by atoms with Crippen molar-refractivity contribution in [2.75, 3.05) is 12.3 Å². The highest BCUT2D eigenvalue weighted by molar-refractivity contribution is 7.90. The van der Waals surface area contributed by atoms with Gasteiger partial charge in [0.1, 0.15) is 11.6 Å². The molecular formula is C13H15FN2O5S2. The Kier molecular flexibility index (Phi) is 5.52. The largest absolute Gasteiger partial charge is 0.468 e. The first kappa shape index (κ1) is 17.6. The van der Waals surface area contributed by atoms with E-state index < -0.39 is 31.6 Å². The first-order chi connectivity index (χ1) is 10.8. The summed E-state index contributed by atoms with van der Waals surface area (Å²) in [7, 11) is -7.55. The molecule has 23 heavy (non-hydrogen) atoms. The van der Waals surface area contributed by atoms with Gasteiger partial charge in [-0.1, -0.05) is 0 Å². The van der Waals surface area contributed by atoms with Gasteiger partial charge in [-0.25, -0.2) is 30.7 Å². The van der Waals surface area contributed by atoms with E-state index in [0.29, 0.717) is 5.76 Å². The van der Waals surface area contributed by atoms with Crippen LogP contribution >= 0.6 is 0 Å². The molecule has 0 bridgehead atoms. The second-order valence-electron chi connectivity index (χ2n) is 4.57. The van der Waals surface area contributed by atoms with Crippen molar-refractivity contribution in [2.45, 2.75) is 11.4 Å². The number of rotatable bonds is 8. The van der Waals surface area contributed by atoms with Crippen molar-refractivity contribution in [3.63, 3.8) is 0 Å². The molecule has 0 unspecified atom stereocenters. The molecule has 0 amide bonds. The Morgan fingerprint density at radius 1 is 1.00 bits per heavy atom. The van der Waals surface area contributed by atoms with Gasteiger partial charge in [0.2, 0.25) is 20.0 Å². The highest BCUT2D eigenvalue weighted by Gasteiger charge is 2.16.